The van der Waals surface area contributed by atoms with Crippen molar-refractivity contribution in [3.63, 3.8) is 0 Å². The van der Waals surface area contributed by atoms with E-state index in [1.54, 1.807) is 0 Å². The van der Waals surface area contributed by atoms with Crippen molar-refractivity contribution in [2.75, 3.05) is 53.0 Å². The van der Waals surface area contributed by atoms with E-state index in [9.17, 15) is 0 Å². The molecule has 2 fully saturated rings. The van der Waals surface area contributed by atoms with Crippen LogP contribution in [0, 0.1) is 5.92 Å². The van der Waals surface area contributed by atoms with E-state index in [0.717, 1.165) is 76.2 Å². The highest BCUT2D eigenvalue weighted by molar-refractivity contribution is 14.0. The molecule has 0 aromatic carbocycles. The van der Waals surface area contributed by atoms with Crippen LogP contribution in [0.3, 0.4) is 0 Å². The zero-order chi connectivity index (χ0) is 19.1. The molecular weight excluding hydrogens is 469 g/mol. The first-order chi connectivity index (χ1) is 13.2. The molecule has 3 rings (SSSR count). The van der Waals surface area contributed by atoms with Crippen molar-refractivity contribution in [1.82, 2.24) is 20.3 Å². The predicted octanol–water partition coefficient (Wildman–Crippen LogP) is 2.93. The lowest BCUT2D eigenvalue weighted by Gasteiger charge is -2.29. The Morgan fingerprint density at radius 3 is 2.71 bits per heavy atom. The molecule has 0 aliphatic carbocycles. The lowest BCUT2D eigenvalue weighted by molar-refractivity contribution is 0.0315. The van der Waals surface area contributed by atoms with Gasteiger partial charge < -0.3 is 19.5 Å². The largest absolute Gasteiger partial charge is 0.379 e. The molecule has 1 aromatic rings. The predicted molar refractivity (Wildman–Crippen MR) is 122 cm³/mol. The first-order valence-corrected chi connectivity index (χ1v) is 10.4. The second-order valence-corrected chi connectivity index (χ2v) is 7.65. The van der Waals surface area contributed by atoms with Crippen molar-refractivity contribution in [3.05, 3.63) is 17.5 Å². The first kappa shape index (κ1) is 23.4. The minimum absolute atomic E-state index is 0. The van der Waals surface area contributed by atoms with Crippen LogP contribution >= 0.6 is 24.0 Å². The number of morpholine rings is 1. The van der Waals surface area contributed by atoms with Crippen LogP contribution in [0.25, 0.3) is 0 Å². The highest BCUT2D eigenvalue weighted by Gasteiger charge is 2.27. The van der Waals surface area contributed by atoms with Gasteiger partial charge in [0.1, 0.15) is 0 Å². The van der Waals surface area contributed by atoms with Crippen molar-refractivity contribution in [2.45, 2.75) is 45.6 Å². The molecule has 3 heterocycles. The van der Waals surface area contributed by atoms with E-state index < -0.39 is 0 Å². The van der Waals surface area contributed by atoms with Crippen LogP contribution in [0.4, 0.5) is 0 Å². The molecule has 2 aliphatic heterocycles. The Balaban J connectivity index is 0.00000280. The number of rotatable bonds is 7. The zero-order valence-corrected chi connectivity index (χ0v) is 19.9. The van der Waals surface area contributed by atoms with Gasteiger partial charge in [-0.05, 0) is 25.2 Å². The molecule has 160 valence electrons. The van der Waals surface area contributed by atoms with E-state index in [-0.39, 0.29) is 24.0 Å². The Morgan fingerprint density at radius 2 is 2.04 bits per heavy atom. The first-order valence-electron chi connectivity index (χ1n) is 10.4. The van der Waals surface area contributed by atoms with Gasteiger partial charge in [-0.2, -0.15) is 0 Å². The number of aromatic nitrogens is 1. The summed E-state index contributed by atoms with van der Waals surface area (Å²) in [4.78, 5) is 9.37. The number of hydrogen-bond acceptors (Lipinski definition) is 5. The van der Waals surface area contributed by atoms with Gasteiger partial charge in [0.05, 0.1) is 25.5 Å². The molecule has 1 aromatic heterocycles. The van der Waals surface area contributed by atoms with E-state index in [1.165, 1.54) is 6.42 Å². The average Bonchev–Trinajstić information content (AvgIpc) is 3.35. The van der Waals surface area contributed by atoms with E-state index in [4.69, 9.17) is 9.26 Å². The molecular formula is C20H36IN5O2. The Bertz CT molecular complexity index is 599. The molecule has 0 bridgehead atoms. The fraction of sp³-hybridized carbons (Fsp3) is 0.800. The summed E-state index contributed by atoms with van der Waals surface area (Å²) in [7, 11) is 1.85. The van der Waals surface area contributed by atoms with Crippen molar-refractivity contribution in [2.24, 2.45) is 10.9 Å². The van der Waals surface area contributed by atoms with Crippen molar-refractivity contribution < 1.29 is 9.26 Å². The summed E-state index contributed by atoms with van der Waals surface area (Å²) in [5.41, 5.74) is 1.07. The summed E-state index contributed by atoms with van der Waals surface area (Å²) >= 11 is 0. The fourth-order valence-electron chi connectivity index (χ4n) is 4.13. The molecule has 28 heavy (non-hydrogen) atoms. The second-order valence-electron chi connectivity index (χ2n) is 7.65. The summed E-state index contributed by atoms with van der Waals surface area (Å²) in [6, 6.07) is 2.09. The Hall–Kier alpha value is -0.870. The Kier molecular flexibility index (Phi) is 10.0. The monoisotopic (exact) mass is 505 g/mol. The van der Waals surface area contributed by atoms with Crippen LogP contribution in [0.5, 0.6) is 0 Å². The van der Waals surface area contributed by atoms with Gasteiger partial charge in [-0.15, -0.1) is 24.0 Å². The fourth-order valence-corrected chi connectivity index (χ4v) is 4.13. The topological polar surface area (TPSA) is 66.1 Å². The standard InChI is InChI=1S/C20H35N5O2.HI/c1-4-17(5-2)19-12-18(27-23-19)13-22-20(21-3)25-7-6-16(15-25)14-24-8-10-26-11-9-24;/h12,16-17H,4-11,13-15H2,1-3H3,(H,21,22);1H. The highest BCUT2D eigenvalue weighted by Crippen LogP contribution is 2.22. The number of aliphatic imine (C=N–C) groups is 1. The van der Waals surface area contributed by atoms with Crippen LogP contribution in [0.1, 0.15) is 50.5 Å². The summed E-state index contributed by atoms with van der Waals surface area (Å²) in [6.07, 6.45) is 3.41. The van der Waals surface area contributed by atoms with Crippen LogP contribution in [0.15, 0.2) is 15.6 Å². The SMILES string of the molecule is CCC(CC)c1cc(CNC(=NC)N2CCC(CN3CCOCC3)C2)on1.I. The minimum atomic E-state index is 0. The van der Waals surface area contributed by atoms with Crippen molar-refractivity contribution in [3.8, 4) is 0 Å². The minimum Gasteiger partial charge on any atom is -0.379 e. The van der Waals surface area contributed by atoms with Gasteiger partial charge in [0, 0.05) is 51.8 Å². The van der Waals surface area contributed by atoms with Gasteiger partial charge in [-0.25, -0.2) is 0 Å². The van der Waals surface area contributed by atoms with Gasteiger partial charge in [-0.3, -0.25) is 9.89 Å². The third kappa shape index (κ3) is 6.32. The Morgan fingerprint density at radius 1 is 1.29 bits per heavy atom. The highest BCUT2D eigenvalue weighted by atomic mass is 127. The molecule has 8 heteroatoms. The maximum Gasteiger partial charge on any atom is 0.194 e. The molecule has 1 atom stereocenters. The van der Waals surface area contributed by atoms with Gasteiger partial charge in [-0.1, -0.05) is 19.0 Å². The third-order valence-electron chi connectivity index (χ3n) is 5.82. The quantitative estimate of drug-likeness (QED) is 0.349. The van der Waals surface area contributed by atoms with Crippen LogP contribution < -0.4 is 5.32 Å². The summed E-state index contributed by atoms with van der Waals surface area (Å²) in [6.45, 7) is 12.2. The maximum atomic E-state index is 5.52. The molecule has 0 radical (unpaired) electrons. The molecule has 0 spiro atoms. The third-order valence-corrected chi connectivity index (χ3v) is 5.82. The number of hydrogen-bond donors (Lipinski definition) is 1. The second kappa shape index (κ2) is 12.0. The van der Waals surface area contributed by atoms with Gasteiger partial charge in [0.15, 0.2) is 11.7 Å². The van der Waals surface area contributed by atoms with Crippen LogP contribution in [0.2, 0.25) is 0 Å². The van der Waals surface area contributed by atoms with E-state index >= 15 is 0 Å². The summed E-state index contributed by atoms with van der Waals surface area (Å²) in [5.74, 6) is 3.02. The number of guanidine groups is 1. The van der Waals surface area contributed by atoms with Crippen LogP contribution in [-0.4, -0.2) is 73.9 Å². The maximum absolute atomic E-state index is 5.52. The number of ether oxygens (including phenoxy) is 1. The normalized spacial score (nSPS) is 21.2. The summed E-state index contributed by atoms with van der Waals surface area (Å²) < 4.78 is 11.0. The summed E-state index contributed by atoms with van der Waals surface area (Å²) in [5, 5.41) is 7.70. The molecule has 1 unspecified atom stereocenters. The van der Waals surface area contributed by atoms with E-state index in [2.05, 4.69) is 45.2 Å². The zero-order valence-electron chi connectivity index (χ0n) is 17.5. The van der Waals surface area contributed by atoms with Crippen molar-refractivity contribution >= 4 is 29.9 Å². The molecule has 1 N–H and O–H groups in total. The van der Waals surface area contributed by atoms with E-state index in [0.29, 0.717) is 18.4 Å². The molecule has 0 amide bonds. The molecule has 7 nitrogen and oxygen atoms in total. The lowest BCUT2D eigenvalue weighted by atomic mass is 9.99. The molecule has 0 saturated carbocycles. The van der Waals surface area contributed by atoms with Gasteiger partial charge in [0.25, 0.3) is 0 Å². The lowest BCUT2D eigenvalue weighted by Crippen LogP contribution is -2.42. The van der Waals surface area contributed by atoms with Crippen molar-refractivity contribution in [1.29, 1.82) is 0 Å². The molecule has 2 aliphatic rings. The number of nitrogens with one attached hydrogen (secondary N) is 1. The molecule has 2 saturated heterocycles. The average molecular weight is 505 g/mol. The number of halogens is 1. The number of likely N-dealkylation sites (tertiary alicyclic amines) is 1. The number of nitrogens with zero attached hydrogens (tertiary/aromatic N) is 4. The van der Waals surface area contributed by atoms with Gasteiger partial charge >= 0.3 is 0 Å². The van der Waals surface area contributed by atoms with E-state index in [1.807, 2.05) is 7.05 Å². The Labute approximate surface area is 186 Å². The van der Waals surface area contributed by atoms with Crippen LogP contribution in [-0.2, 0) is 11.3 Å². The van der Waals surface area contributed by atoms with Gasteiger partial charge in [0.2, 0.25) is 0 Å². The smallest absolute Gasteiger partial charge is 0.194 e.